The van der Waals surface area contributed by atoms with Gasteiger partial charge in [-0.15, -0.1) is 0 Å². The maximum atomic E-state index is 12.0. The zero-order valence-corrected chi connectivity index (χ0v) is 13.3. The van der Waals surface area contributed by atoms with Crippen LogP contribution >= 0.6 is 11.8 Å². The topological polar surface area (TPSA) is 44.4 Å². The van der Waals surface area contributed by atoms with E-state index >= 15 is 0 Å². The van der Waals surface area contributed by atoms with Gasteiger partial charge in [-0.2, -0.15) is 11.8 Å². The number of rotatable bonds is 5. The molecule has 3 atom stereocenters. The first kappa shape index (κ1) is 14.5. The van der Waals surface area contributed by atoms with Crippen molar-refractivity contribution in [3.05, 3.63) is 0 Å². The van der Waals surface area contributed by atoms with Crippen LogP contribution in [0.25, 0.3) is 0 Å². The molecule has 0 aromatic rings. The molecule has 0 aromatic carbocycles. The quantitative estimate of drug-likeness (QED) is 0.816. The standard InChI is InChI=1S/C15H27N3OS/c1-20-14-5-4-12(8-14)16-15(19)17-13-6-7-18(10-13)9-11-2-3-11/h11-14H,2-10H2,1H3,(H2,16,17,19). The Balaban J connectivity index is 1.34. The Morgan fingerprint density at radius 2 is 1.95 bits per heavy atom. The van der Waals surface area contributed by atoms with Crippen molar-refractivity contribution in [1.29, 1.82) is 0 Å². The number of amides is 2. The lowest BCUT2D eigenvalue weighted by atomic mass is 10.2. The fourth-order valence-corrected chi connectivity index (χ4v) is 4.28. The van der Waals surface area contributed by atoms with Crippen LogP contribution in [-0.4, -0.2) is 54.2 Å². The van der Waals surface area contributed by atoms with Crippen LogP contribution in [0.4, 0.5) is 4.79 Å². The zero-order chi connectivity index (χ0) is 13.9. The molecule has 1 heterocycles. The summed E-state index contributed by atoms with van der Waals surface area (Å²) in [7, 11) is 0. The lowest BCUT2D eigenvalue weighted by Crippen LogP contribution is -2.46. The maximum absolute atomic E-state index is 12.0. The van der Waals surface area contributed by atoms with Gasteiger partial charge in [-0.05, 0) is 50.7 Å². The smallest absolute Gasteiger partial charge is 0.315 e. The highest BCUT2D eigenvalue weighted by atomic mass is 32.2. The molecule has 20 heavy (non-hydrogen) atoms. The predicted molar refractivity (Wildman–Crippen MR) is 84.2 cm³/mol. The van der Waals surface area contributed by atoms with Crippen LogP contribution in [0, 0.1) is 5.92 Å². The van der Waals surface area contributed by atoms with Crippen molar-refractivity contribution in [2.45, 2.75) is 55.9 Å². The SMILES string of the molecule is CSC1CCC(NC(=O)NC2CCN(CC3CC3)C2)C1. The van der Waals surface area contributed by atoms with E-state index in [1.54, 1.807) is 0 Å². The van der Waals surface area contributed by atoms with Gasteiger partial charge in [0.1, 0.15) is 0 Å². The molecule has 3 unspecified atom stereocenters. The summed E-state index contributed by atoms with van der Waals surface area (Å²) in [4.78, 5) is 14.6. The van der Waals surface area contributed by atoms with Crippen LogP contribution in [0.3, 0.4) is 0 Å². The number of urea groups is 1. The Hall–Kier alpha value is -0.420. The number of likely N-dealkylation sites (tertiary alicyclic amines) is 1. The molecule has 0 bridgehead atoms. The van der Waals surface area contributed by atoms with Crippen molar-refractivity contribution < 1.29 is 4.79 Å². The zero-order valence-electron chi connectivity index (χ0n) is 12.4. The highest BCUT2D eigenvalue weighted by Gasteiger charge is 2.30. The fourth-order valence-electron chi connectivity index (χ4n) is 3.48. The van der Waals surface area contributed by atoms with E-state index in [-0.39, 0.29) is 6.03 Å². The van der Waals surface area contributed by atoms with Crippen molar-refractivity contribution in [2.24, 2.45) is 5.92 Å². The number of nitrogens with zero attached hydrogens (tertiary/aromatic N) is 1. The van der Waals surface area contributed by atoms with Crippen LogP contribution in [-0.2, 0) is 0 Å². The molecule has 2 N–H and O–H groups in total. The van der Waals surface area contributed by atoms with E-state index in [0.717, 1.165) is 43.5 Å². The lowest BCUT2D eigenvalue weighted by molar-refractivity contribution is 0.232. The molecule has 3 fully saturated rings. The molecule has 3 rings (SSSR count). The van der Waals surface area contributed by atoms with Crippen molar-refractivity contribution in [2.75, 3.05) is 25.9 Å². The van der Waals surface area contributed by atoms with Crippen LogP contribution < -0.4 is 10.6 Å². The first-order chi connectivity index (χ1) is 9.72. The Labute approximate surface area is 126 Å². The molecule has 2 aliphatic carbocycles. The minimum absolute atomic E-state index is 0.0509. The molecule has 2 amide bonds. The minimum Gasteiger partial charge on any atom is -0.335 e. The minimum atomic E-state index is 0.0509. The molecule has 4 nitrogen and oxygen atoms in total. The van der Waals surface area contributed by atoms with Gasteiger partial charge in [-0.3, -0.25) is 0 Å². The Morgan fingerprint density at radius 3 is 2.65 bits per heavy atom. The number of carbonyl (C=O) groups excluding carboxylic acids is 1. The maximum Gasteiger partial charge on any atom is 0.315 e. The second kappa shape index (κ2) is 6.56. The van der Waals surface area contributed by atoms with Crippen molar-refractivity contribution >= 4 is 17.8 Å². The van der Waals surface area contributed by atoms with Crippen molar-refractivity contribution in [1.82, 2.24) is 15.5 Å². The summed E-state index contributed by atoms with van der Waals surface area (Å²) in [5.74, 6) is 0.949. The summed E-state index contributed by atoms with van der Waals surface area (Å²) in [5, 5.41) is 7.06. The third kappa shape index (κ3) is 4.04. The van der Waals surface area contributed by atoms with E-state index < -0.39 is 0 Å². The van der Waals surface area contributed by atoms with Crippen LogP contribution in [0.1, 0.15) is 38.5 Å². The normalized spacial score (nSPS) is 34.4. The van der Waals surface area contributed by atoms with Gasteiger partial charge in [0.05, 0.1) is 0 Å². The number of carbonyl (C=O) groups is 1. The largest absolute Gasteiger partial charge is 0.335 e. The number of hydrogen-bond donors (Lipinski definition) is 2. The van der Waals surface area contributed by atoms with Gasteiger partial charge in [0.2, 0.25) is 0 Å². The van der Waals surface area contributed by atoms with E-state index in [2.05, 4.69) is 21.8 Å². The Bertz CT molecular complexity index is 348. The van der Waals surface area contributed by atoms with E-state index in [1.807, 2.05) is 11.8 Å². The van der Waals surface area contributed by atoms with Gasteiger partial charge in [-0.25, -0.2) is 4.79 Å². The highest BCUT2D eigenvalue weighted by molar-refractivity contribution is 7.99. The van der Waals surface area contributed by atoms with Gasteiger partial charge in [0.15, 0.2) is 0 Å². The molecule has 0 radical (unpaired) electrons. The first-order valence-electron chi connectivity index (χ1n) is 8.05. The molecule has 0 aromatic heterocycles. The highest BCUT2D eigenvalue weighted by Crippen LogP contribution is 2.31. The van der Waals surface area contributed by atoms with Gasteiger partial charge < -0.3 is 15.5 Å². The summed E-state index contributed by atoms with van der Waals surface area (Å²) in [6.45, 7) is 3.44. The average molecular weight is 297 g/mol. The predicted octanol–water partition coefficient (Wildman–Crippen LogP) is 2.05. The molecule has 2 saturated carbocycles. The summed E-state index contributed by atoms with van der Waals surface area (Å²) in [6, 6.07) is 0.790. The second-order valence-electron chi connectivity index (χ2n) is 6.67. The number of nitrogens with one attached hydrogen (secondary N) is 2. The van der Waals surface area contributed by atoms with Gasteiger partial charge in [0, 0.05) is 37.0 Å². The summed E-state index contributed by atoms with van der Waals surface area (Å²) >= 11 is 1.93. The molecule has 1 saturated heterocycles. The summed E-state index contributed by atoms with van der Waals surface area (Å²) < 4.78 is 0. The van der Waals surface area contributed by atoms with E-state index in [0.29, 0.717) is 12.1 Å². The molecular weight excluding hydrogens is 270 g/mol. The van der Waals surface area contributed by atoms with Crippen molar-refractivity contribution in [3.8, 4) is 0 Å². The van der Waals surface area contributed by atoms with Crippen molar-refractivity contribution in [3.63, 3.8) is 0 Å². The third-order valence-corrected chi connectivity index (χ3v) is 5.97. The first-order valence-corrected chi connectivity index (χ1v) is 9.34. The molecule has 3 aliphatic rings. The van der Waals surface area contributed by atoms with E-state index in [4.69, 9.17) is 0 Å². The van der Waals surface area contributed by atoms with Crippen LogP contribution in [0.5, 0.6) is 0 Å². The Kier molecular flexibility index (Phi) is 4.76. The number of thioether (sulfide) groups is 1. The average Bonchev–Trinajstić information content (AvgIpc) is 2.94. The lowest BCUT2D eigenvalue weighted by Gasteiger charge is -2.18. The summed E-state index contributed by atoms with van der Waals surface area (Å²) in [5.41, 5.74) is 0. The van der Waals surface area contributed by atoms with Gasteiger partial charge in [-0.1, -0.05) is 0 Å². The monoisotopic (exact) mass is 297 g/mol. The molecule has 114 valence electrons. The Morgan fingerprint density at radius 1 is 1.15 bits per heavy atom. The number of hydrogen-bond acceptors (Lipinski definition) is 3. The second-order valence-corrected chi connectivity index (χ2v) is 7.81. The molecule has 1 aliphatic heterocycles. The van der Waals surface area contributed by atoms with E-state index in [9.17, 15) is 4.79 Å². The van der Waals surface area contributed by atoms with Crippen LogP contribution in [0.15, 0.2) is 0 Å². The molecule has 5 heteroatoms. The molecular formula is C15H27N3OS. The van der Waals surface area contributed by atoms with Gasteiger partial charge in [0.25, 0.3) is 0 Å². The fraction of sp³-hybridized carbons (Fsp3) is 0.933. The van der Waals surface area contributed by atoms with Crippen LogP contribution in [0.2, 0.25) is 0 Å². The van der Waals surface area contributed by atoms with E-state index in [1.165, 1.54) is 25.8 Å². The molecule has 0 spiro atoms. The third-order valence-electron chi connectivity index (χ3n) is 4.87. The summed E-state index contributed by atoms with van der Waals surface area (Å²) in [6.07, 6.45) is 9.61. The van der Waals surface area contributed by atoms with Gasteiger partial charge >= 0.3 is 6.03 Å².